The monoisotopic (exact) mass is 201 g/mol. The number of methoxy groups -OCH3 is 1. The minimum atomic E-state index is 0. The van der Waals surface area contributed by atoms with Gasteiger partial charge in [0.1, 0.15) is 5.75 Å². The van der Waals surface area contributed by atoms with Gasteiger partial charge in [-0.3, -0.25) is 0 Å². The zero-order valence-corrected chi connectivity index (χ0v) is 8.80. The molecule has 74 valence electrons. The van der Waals surface area contributed by atoms with Gasteiger partial charge in [-0.05, 0) is 31.0 Å². The lowest BCUT2D eigenvalue weighted by Gasteiger charge is -2.05. The Kier molecular flexibility index (Phi) is 5.51. The lowest BCUT2D eigenvalue weighted by molar-refractivity contribution is 0.414. The van der Waals surface area contributed by atoms with Crippen LogP contribution in [0.1, 0.15) is 12.5 Å². The largest absolute Gasteiger partial charge is 0.497 e. The van der Waals surface area contributed by atoms with Crippen LogP contribution >= 0.6 is 12.4 Å². The van der Waals surface area contributed by atoms with Gasteiger partial charge in [-0.25, -0.2) is 0 Å². The summed E-state index contributed by atoms with van der Waals surface area (Å²) in [5, 5.41) is 0. The third-order valence-electron chi connectivity index (χ3n) is 1.72. The number of ether oxygens (including phenoxy) is 1. The maximum atomic E-state index is 5.66. The predicted molar refractivity (Wildman–Crippen MR) is 57.6 cm³/mol. The molecular formula is C10H16ClNO. The van der Waals surface area contributed by atoms with Crippen LogP contribution in [0.25, 0.3) is 0 Å². The molecule has 3 heteroatoms. The van der Waals surface area contributed by atoms with Crippen molar-refractivity contribution in [2.75, 3.05) is 7.11 Å². The fraction of sp³-hybridized carbons (Fsp3) is 0.400. The van der Waals surface area contributed by atoms with Crippen LogP contribution in [0.2, 0.25) is 0 Å². The lowest BCUT2D eigenvalue weighted by Crippen LogP contribution is -2.17. The van der Waals surface area contributed by atoms with Crippen molar-refractivity contribution in [2.45, 2.75) is 19.4 Å². The average molecular weight is 202 g/mol. The van der Waals surface area contributed by atoms with Crippen molar-refractivity contribution in [1.29, 1.82) is 0 Å². The van der Waals surface area contributed by atoms with Gasteiger partial charge in [0.25, 0.3) is 0 Å². The van der Waals surface area contributed by atoms with E-state index in [1.54, 1.807) is 7.11 Å². The summed E-state index contributed by atoms with van der Waals surface area (Å²) in [7, 11) is 1.67. The quantitative estimate of drug-likeness (QED) is 0.812. The molecular weight excluding hydrogens is 186 g/mol. The molecule has 0 radical (unpaired) electrons. The molecule has 0 saturated carbocycles. The summed E-state index contributed by atoms with van der Waals surface area (Å²) in [5.74, 6) is 0.892. The van der Waals surface area contributed by atoms with Crippen LogP contribution in [-0.4, -0.2) is 13.2 Å². The minimum Gasteiger partial charge on any atom is -0.497 e. The third-order valence-corrected chi connectivity index (χ3v) is 1.72. The number of rotatable bonds is 3. The first-order valence-corrected chi connectivity index (χ1v) is 4.11. The highest BCUT2D eigenvalue weighted by atomic mass is 35.5. The number of halogens is 1. The van der Waals surface area contributed by atoms with Crippen molar-refractivity contribution in [3.63, 3.8) is 0 Å². The molecule has 0 unspecified atom stereocenters. The fourth-order valence-corrected chi connectivity index (χ4v) is 1.13. The standard InChI is InChI=1S/C10H15NO.ClH/c1-8(11)7-9-3-5-10(12-2)6-4-9;/h3-6,8H,7,11H2,1-2H3;1H/t8-;/m0./s1. The van der Waals surface area contributed by atoms with Gasteiger partial charge in [-0.15, -0.1) is 12.4 Å². The van der Waals surface area contributed by atoms with E-state index in [1.165, 1.54) is 5.56 Å². The van der Waals surface area contributed by atoms with E-state index in [0.717, 1.165) is 12.2 Å². The Labute approximate surface area is 85.5 Å². The fourth-order valence-electron chi connectivity index (χ4n) is 1.13. The molecule has 0 saturated heterocycles. The van der Waals surface area contributed by atoms with Crippen molar-refractivity contribution < 1.29 is 4.74 Å². The first kappa shape index (κ1) is 12.3. The van der Waals surface area contributed by atoms with Crippen LogP contribution in [0.4, 0.5) is 0 Å². The molecule has 0 aliphatic heterocycles. The number of hydrogen-bond donors (Lipinski definition) is 1. The molecule has 13 heavy (non-hydrogen) atoms. The Morgan fingerprint density at radius 1 is 1.31 bits per heavy atom. The van der Waals surface area contributed by atoms with Crippen LogP contribution in [0.5, 0.6) is 5.75 Å². The van der Waals surface area contributed by atoms with Crippen LogP contribution in [0, 0.1) is 0 Å². The zero-order chi connectivity index (χ0) is 8.97. The van der Waals surface area contributed by atoms with E-state index in [1.807, 2.05) is 31.2 Å². The van der Waals surface area contributed by atoms with Crippen LogP contribution < -0.4 is 10.5 Å². The van der Waals surface area contributed by atoms with Gasteiger partial charge >= 0.3 is 0 Å². The van der Waals surface area contributed by atoms with E-state index in [9.17, 15) is 0 Å². The Hall–Kier alpha value is -0.730. The van der Waals surface area contributed by atoms with Gasteiger partial charge in [0.15, 0.2) is 0 Å². The topological polar surface area (TPSA) is 35.2 Å². The maximum absolute atomic E-state index is 5.66. The second kappa shape index (κ2) is 5.84. The molecule has 2 nitrogen and oxygen atoms in total. The highest BCUT2D eigenvalue weighted by molar-refractivity contribution is 5.85. The molecule has 0 heterocycles. The van der Waals surface area contributed by atoms with Crippen molar-refractivity contribution in [3.05, 3.63) is 29.8 Å². The van der Waals surface area contributed by atoms with E-state index in [0.29, 0.717) is 0 Å². The Morgan fingerprint density at radius 3 is 2.23 bits per heavy atom. The predicted octanol–water partition coefficient (Wildman–Crippen LogP) is 2.01. The molecule has 0 amide bonds. The van der Waals surface area contributed by atoms with E-state index >= 15 is 0 Å². The SMILES string of the molecule is COc1ccc(C[C@H](C)N)cc1.Cl. The van der Waals surface area contributed by atoms with Gasteiger partial charge < -0.3 is 10.5 Å². The molecule has 0 fully saturated rings. The van der Waals surface area contributed by atoms with E-state index in [4.69, 9.17) is 10.5 Å². The van der Waals surface area contributed by atoms with E-state index in [2.05, 4.69) is 0 Å². The molecule has 0 spiro atoms. The summed E-state index contributed by atoms with van der Waals surface area (Å²) < 4.78 is 5.04. The van der Waals surface area contributed by atoms with Gasteiger partial charge in [0.05, 0.1) is 7.11 Å². The normalized spacial score (nSPS) is 11.6. The summed E-state index contributed by atoms with van der Waals surface area (Å²) >= 11 is 0. The molecule has 1 atom stereocenters. The van der Waals surface area contributed by atoms with Crippen molar-refractivity contribution in [3.8, 4) is 5.75 Å². The zero-order valence-electron chi connectivity index (χ0n) is 7.99. The minimum absolute atomic E-state index is 0. The molecule has 2 N–H and O–H groups in total. The summed E-state index contributed by atoms with van der Waals surface area (Å²) in [6, 6.07) is 8.22. The summed E-state index contributed by atoms with van der Waals surface area (Å²) in [6.07, 6.45) is 0.921. The first-order valence-electron chi connectivity index (χ1n) is 4.11. The van der Waals surface area contributed by atoms with Crippen LogP contribution in [0.15, 0.2) is 24.3 Å². The lowest BCUT2D eigenvalue weighted by atomic mass is 10.1. The molecule has 0 bridgehead atoms. The molecule has 0 aliphatic rings. The maximum Gasteiger partial charge on any atom is 0.118 e. The van der Waals surface area contributed by atoms with Crippen molar-refractivity contribution in [1.82, 2.24) is 0 Å². The molecule has 1 aromatic carbocycles. The van der Waals surface area contributed by atoms with E-state index < -0.39 is 0 Å². The Bertz CT molecular complexity index is 233. The second-order valence-corrected chi connectivity index (χ2v) is 3.03. The van der Waals surface area contributed by atoms with Crippen molar-refractivity contribution in [2.24, 2.45) is 5.73 Å². The van der Waals surface area contributed by atoms with Gasteiger partial charge in [-0.2, -0.15) is 0 Å². The van der Waals surface area contributed by atoms with Gasteiger partial charge in [0.2, 0.25) is 0 Å². The smallest absolute Gasteiger partial charge is 0.118 e. The summed E-state index contributed by atoms with van der Waals surface area (Å²) in [5.41, 5.74) is 6.92. The Balaban J connectivity index is 0.00000144. The number of hydrogen-bond acceptors (Lipinski definition) is 2. The van der Waals surface area contributed by atoms with Gasteiger partial charge in [0, 0.05) is 6.04 Å². The second-order valence-electron chi connectivity index (χ2n) is 3.03. The molecule has 1 rings (SSSR count). The third kappa shape index (κ3) is 4.15. The summed E-state index contributed by atoms with van der Waals surface area (Å²) in [6.45, 7) is 2.00. The molecule has 0 aromatic heterocycles. The van der Waals surface area contributed by atoms with Gasteiger partial charge in [-0.1, -0.05) is 12.1 Å². The summed E-state index contributed by atoms with van der Waals surface area (Å²) in [4.78, 5) is 0. The van der Waals surface area contributed by atoms with E-state index in [-0.39, 0.29) is 18.4 Å². The average Bonchev–Trinajstić information content (AvgIpc) is 2.05. The number of benzene rings is 1. The number of nitrogens with two attached hydrogens (primary N) is 1. The highest BCUT2D eigenvalue weighted by Crippen LogP contribution is 2.11. The van der Waals surface area contributed by atoms with Crippen molar-refractivity contribution >= 4 is 12.4 Å². The first-order chi connectivity index (χ1) is 5.72. The molecule has 1 aromatic rings. The highest BCUT2D eigenvalue weighted by Gasteiger charge is 1.97. The van der Waals surface area contributed by atoms with Crippen LogP contribution in [-0.2, 0) is 6.42 Å². The van der Waals surface area contributed by atoms with Crippen LogP contribution in [0.3, 0.4) is 0 Å². The molecule has 0 aliphatic carbocycles. The Morgan fingerprint density at radius 2 is 1.85 bits per heavy atom.